The van der Waals surface area contributed by atoms with Crippen LogP contribution in [0.1, 0.15) is 25.2 Å². The van der Waals surface area contributed by atoms with E-state index in [-0.39, 0.29) is 0 Å². The summed E-state index contributed by atoms with van der Waals surface area (Å²) in [5.41, 5.74) is 8.35. The van der Waals surface area contributed by atoms with Crippen molar-refractivity contribution in [2.75, 3.05) is 25.9 Å². The molecule has 0 aliphatic heterocycles. The lowest BCUT2D eigenvalue weighted by Crippen LogP contribution is -2.34. The minimum Gasteiger partial charge on any atom is -0.396 e. The van der Waals surface area contributed by atoms with E-state index in [9.17, 15) is 5.11 Å². The van der Waals surface area contributed by atoms with Crippen molar-refractivity contribution in [3.63, 3.8) is 0 Å². The quantitative estimate of drug-likeness (QED) is 0.795. The van der Waals surface area contributed by atoms with Gasteiger partial charge in [-0.05, 0) is 26.8 Å². The molecular formula is C13H26N4O. The second-order valence-electron chi connectivity index (χ2n) is 5.54. The Morgan fingerprint density at radius 2 is 1.94 bits per heavy atom. The molecule has 1 aromatic rings. The summed E-state index contributed by atoms with van der Waals surface area (Å²) in [6.45, 7) is 10.3. The lowest BCUT2D eigenvalue weighted by molar-refractivity contribution is 0.101. The van der Waals surface area contributed by atoms with E-state index >= 15 is 0 Å². The van der Waals surface area contributed by atoms with Gasteiger partial charge in [-0.25, -0.2) is 0 Å². The molecule has 0 bridgehead atoms. The van der Waals surface area contributed by atoms with Gasteiger partial charge in [0.25, 0.3) is 0 Å². The summed E-state index contributed by atoms with van der Waals surface area (Å²) in [6, 6.07) is 0. The van der Waals surface area contributed by atoms with E-state index in [1.165, 1.54) is 0 Å². The molecule has 0 radical (unpaired) electrons. The van der Waals surface area contributed by atoms with Crippen LogP contribution in [0, 0.1) is 19.8 Å². The molecule has 5 nitrogen and oxygen atoms in total. The number of aliphatic hydroxyl groups excluding tert-OH is 1. The highest BCUT2D eigenvalue weighted by molar-refractivity contribution is 5.46. The summed E-state index contributed by atoms with van der Waals surface area (Å²) in [6.07, 6.45) is -0.425. The number of aromatic nitrogens is 2. The van der Waals surface area contributed by atoms with Crippen LogP contribution in [-0.2, 0) is 6.54 Å². The van der Waals surface area contributed by atoms with Crippen LogP contribution >= 0.6 is 0 Å². The summed E-state index contributed by atoms with van der Waals surface area (Å²) >= 11 is 0. The Kier molecular flexibility index (Phi) is 5.16. The van der Waals surface area contributed by atoms with Crippen molar-refractivity contribution in [1.29, 1.82) is 0 Å². The third-order valence-electron chi connectivity index (χ3n) is 3.02. The molecule has 0 spiro atoms. The SMILES string of the molecule is Cc1nn(CC(O)CN(C)CC(C)C)c(C)c1N. The number of rotatable bonds is 6. The van der Waals surface area contributed by atoms with E-state index < -0.39 is 6.10 Å². The van der Waals surface area contributed by atoms with Gasteiger partial charge < -0.3 is 15.7 Å². The molecule has 5 heteroatoms. The Bertz CT molecular complexity index is 387. The molecule has 1 rings (SSSR count). The molecule has 0 fully saturated rings. The van der Waals surface area contributed by atoms with Crippen molar-refractivity contribution >= 4 is 5.69 Å². The molecule has 1 aromatic heterocycles. The Morgan fingerprint density at radius 1 is 1.33 bits per heavy atom. The fourth-order valence-electron chi connectivity index (χ4n) is 2.20. The molecule has 0 aliphatic rings. The third-order valence-corrected chi connectivity index (χ3v) is 3.02. The largest absolute Gasteiger partial charge is 0.396 e. The Labute approximate surface area is 110 Å². The number of hydrogen-bond donors (Lipinski definition) is 2. The topological polar surface area (TPSA) is 67.3 Å². The van der Waals surface area contributed by atoms with Crippen LogP contribution in [0.25, 0.3) is 0 Å². The zero-order valence-corrected chi connectivity index (χ0v) is 12.1. The lowest BCUT2D eigenvalue weighted by Gasteiger charge is -2.22. The van der Waals surface area contributed by atoms with Crippen molar-refractivity contribution in [1.82, 2.24) is 14.7 Å². The van der Waals surface area contributed by atoms with Crippen LogP contribution in [0.4, 0.5) is 5.69 Å². The maximum Gasteiger partial charge on any atom is 0.0862 e. The van der Waals surface area contributed by atoms with E-state index in [1.807, 2.05) is 20.9 Å². The maximum absolute atomic E-state index is 10.1. The summed E-state index contributed by atoms with van der Waals surface area (Å²) in [5.74, 6) is 0.603. The summed E-state index contributed by atoms with van der Waals surface area (Å²) < 4.78 is 1.79. The van der Waals surface area contributed by atoms with Gasteiger partial charge in [-0.1, -0.05) is 13.8 Å². The van der Waals surface area contributed by atoms with E-state index in [0.29, 0.717) is 19.0 Å². The van der Waals surface area contributed by atoms with Crippen molar-refractivity contribution in [3.8, 4) is 0 Å². The Balaban J connectivity index is 2.54. The van der Waals surface area contributed by atoms with Crippen molar-refractivity contribution in [2.45, 2.75) is 40.3 Å². The van der Waals surface area contributed by atoms with Crippen molar-refractivity contribution in [3.05, 3.63) is 11.4 Å². The number of nitrogens with zero attached hydrogens (tertiary/aromatic N) is 3. The number of hydrogen-bond acceptors (Lipinski definition) is 4. The normalized spacial score (nSPS) is 13.6. The van der Waals surface area contributed by atoms with Gasteiger partial charge in [-0.2, -0.15) is 5.10 Å². The molecule has 0 saturated carbocycles. The van der Waals surface area contributed by atoms with E-state index in [2.05, 4.69) is 23.8 Å². The smallest absolute Gasteiger partial charge is 0.0862 e. The van der Waals surface area contributed by atoms with Gasteiger partial charge in [0, 0.05) is 13.1 Å². The first kappa shape index (κ1) is 15.0. The van der Waals surface area contributed by atoms with Gasteiger partial charge >= 0.3 is 0 Å². The molecule has 1 unspecified atom stereocenters. The average molecular weight is 254 g/mol. The summed E-state index contributed by atoms with van der Waals surface area (Å²) in [7, 11) is 2.03. The first-order chi connectivity index (χ1) is 8.31. The van der Waals surface area contributed by atoms with E-state index in [4.69, 9.17) is 5.73 Å². The monoisotopic (exact) mass is 254 g/mol. The average Bonchev–Trinajstić information content (AvgIpc) is 2.44. The second kappa shape index (κ2) is 6.20. The molecule has 104 valence electrons. The van der Waals surface area contributed by atoms with Gasteiger partial charge in [0.1, 0.15) is 0 Å². The van der Waals surface area contributed by atoms with Crippen LogP contribution in [-0.4, -0.2) is 46.0 Å². The van der Waals surface area contributed by atoms with Crippen LogP contribution in [0.15, 0.2) is 0 Å². The van der Waals surface area contributed by atoms with Gasteiger partial charge in [0.2, 0.25) is 0 Å². The van der Waals surface area contributed by atoms with Crippen LogP contribution in [0.5, 0.6) is 0 Å². The number of nitrogen functional groups attached to an aromatic ring is 1. The predicted molar refractivity (Wildman–Crippen MR) is 74.5 cm³/mol. The van der Waals surface area contributed by atoms with Crippen molar-refractivity contribution < 1.29 is 5.11 Å². The zero-order valence-electron chi connectivity index (χ0n) is 12.1. The first-order valence-corrected chi connectivity index (χ1v) is 6.47. The number of nitrogens with two attached hydrogens (primary N) is 1. The van der Waals surface area contributed by atoms with E-state index in [1.54, 1.807) is 4.68 Å². The molecule has 0 aliphatic carbocycles. The highest BCUT2D eigenvalue weighted by Gasteiger charge is 2.14. The molecule has 18 heavy (non-hydrogen) atoms. The number of aryl methyl sites for hydroxylation is 1. The molecule has 0 saturated heterocycles. The number of anilines is 1. The fraction of sp³-hybridized carbons (Fsp3) is 0.769. The molecule has 1 atom stereocenters. The minimum absolute atomic E-state index is 0.425. The first-order valence-electron chi connectivity index (χ1n) is 6.47. The molecule has 3 N–H and O–H groups in total. The lowest BCUT2D eigenvalue weighted by atomic mass is 10.2. The summed E-state index contributed by atoms with van der Waals surface area (Å²) in [4.78, 5) is 2.14. The molecule has 1 heterocycles. The van der Waals surface area contributed by atoms with Crippen LogP contribution in [0.2, 0.25) is 0 Å². The maximum atomic E-state index is 10.1. The highest BCUT2D eigenvalue weighted by Crippen LogP contribution is 2.15. The fourth-order valence-corrected chi connectivity index (χ4v) is 2.20. The standard InChI is InChI=1S/C13H26N4O/c1-9(2)6-16(5)7-12(18)8-17-11(4)13(14)10(3)15-17/h9,12,18H,6-8,14H2,1-5H3. The van der Waals surface area contributed by atoms with E-state index in [0.717, 1.165) is 23.6 Å². The third kappa shape index (κ3) is 3.99. The van der Waals surface area contributed by atoms with Gasteiger partial charge in [0.05, 0.1) is 29.7 Å². The second-order valence-corrected chi connectivity index (χ2v) is 5.54. The van der Waals surface area contributed by atoms with Gasteiger partial charge in [-0.3, -0.25) is 4.68 Å². The number of aliphatic hydroxyl groups is 1. The predicted octanol–water partition coefficient (Wildman–Crippen LogP) is 1.03. The van der Waals surface area contributed by atoms with Gasteiger partial charge in [0.15, 0.2) is 0 Å². The van der Waals surface area contributed by atoms with Crippen LogP contribution in [0.3, 0.4) is 0 Å². The van der Waals surface area contributed by atoms with Crippen molar-refractivity contribution in [2.24, 2.45) is 5.92 Å². The Hall–Kier alpha value is -1.07. The molecular weight excluding hydrogens is 228 g/mol. The molecule has 0 aromatic carbocycles. The highest BCUT2D eigenvalue weighted by atomic mass is 16.3. The number of likely N-dealkylation sites (N-methyl/N-ethyl adjacent to an activating group) is 1. The minimum atomic E-state index is -0.425. The summed E-state index contributed by atoms with van der Waals surface area (Å²) in [5, 5.41) is 14.4. The Morgan fingerprint density at radius 3 is 2.39 bits per heavy atom. The van der Waals surface area contributed by atoms with Gasteiger partial charge in [-0.15, -0.1) is 0 Å². The zero-order chi connectivity index (χ0) is 13.9. The van der Waals surface area contributed by atoms with Crippen LogP contribution < -0.4 is 5.73 Å². The molecule has 0 amide bonds.